The number of nitrogens with zero attached hydrogens (tertiary/aromatic N) is 1. The van der Waals surface area contributed by atoms with Gasteiger partial charge in [0.1, 0.15) is 0 Å². The molecule has 2 atom stereocenters. The Morgan fingerprint density at radius 3 is 2.38 bits per heavy atom. The van der Waals surface area contributed by atoms with Gasteiger partial charge in [0.15, 0.2) is 0 Å². The molecular weight excluding hydrogens is 200 g/mol. The van der Waals surface area contributed by atoms with Crippen LogP contribution in [0.25, 0.3) is 0 Å². The van der Waals surface area contributed by atoms with Crippen LogP contribution in [0.2, 0.25) is 0 Å². The second kappa shape index (κ2) is 4.74. The lowest BCUT2D eigenvalue weighted by atomic mass is 9.87. The van der Waals surface area contributed by atoms with Crippen LogP contribution in [-0.2, 0) is 4.79 Å². The molecule has 0 bridgehead atoms. The lowest BCUT2D eigenvalue weighted by molar-refractivity contribution is -0.132. The molecule has 0 spiro atoms. The van der Waals surface area contributed by atoms with E-state index in [4.69, 9.17) is 0 Å². The smallest absolute Gasteiger partial charge is 0.241 e. The SMILES string of the molecule is CC(C)CC1NCN(C(C)C(C)(C)C)C1=O. The summed E-state index contributed by atoms with van der Waals surface area (Å²) < 4.78 is 0. The zero-order valence-corrected chi connectivity index (χ0v) is 11.5. The van der Waals surface area contributed by atoms with Crippen molar-refractivity contribution >= 4 is 5.91 Å². The van der Waals surface area contributed by atoms with E-state index in [0.717, 1.165) is 6.42 Å². The fraction of sp³-hybridized carbons (Fsp3) is 0.923. The van der Waals surface area contributed by atoms with Crippen LogP contribution in [0.15, 0.2) is 0 Å². The molecule has 0 aromatic carbocycles. The number of rotatable bonds is 3. The summed E-state index contributed by atoms with van der Waals surface area (Å²) in [4.78, 5) is 14.2. The molecule has 1 fully saturated rings. The van der Waals surface area contributed by atoms with Gasteiger partial charge in [0.2, 0.25) is 5.91 Å². The van der Waals surface area contributed by atoms with E-state index in [-0.39, 0.29) is 23.4 Å². The molecule has 16 heavy (non-hydrogen) atoms. The van der Waals surface area contributed by atoms with Crippen LogP contribution in [0.1, 0.15) is 48.0 Å². The summed E-state index contributed by atoms with van der Waals surface area (Å²) in [6.45, 7) is 13.7. The fourth-order valence-electron chi connectivity index (χ4n) is 2.02. The van der Waals surface area contributed by atoms with Crippen LogP contribution in [0.3, 0.4) is 0 Å². The Labute approximate surface area is 99.6 Å². The Morgan fingerprint density at radius 1 is 1.38 bits per heavy atom. The van der Waals surface area contributed by atoms with Crippen molar-refractivity contribution in [1.82, 2.24) is 10.2 Å². The lowest BCUT2D eigenvalue weighted by Crippen LogP contribution is -2.44. The van der Waals surface area contributed by atoms with E-state index in [0.29, 0.717) is 12.6 Å². The Hall–Kier alpha value is -0.570. The molecule has 0 aliphatic carbocycles. The number of hydrogen-bond donors (Lipinski definition) is 1. The van der Waals surface area contributed by atoms with Crippen molar-refractivity contribution in [3.8, 4) is 0 Å². The summed E-state index contributed by atoms with van der Waals surface area (Å²) in [6.07, 6.45) is 0.937. The number of carbonyl (C=O) groups is 1. The molecule has 1 saturated heterocycles. The Morgan fingerprint density at radius 2 is 1.94 bits per heavy atom. The minimum absolute atomic E-state index is 0.0322. The zero-order valence-electron chi connectivity index (χ0n) is 11.5. The topological polar surface area (TPSA) is 32.3 Å². The van der Waals surface area contributed by atoms with E-state index in [1.165, 1.54) is 0 Å². The van der Waals surface area contributed by atoms with E-state index in [9.17, 15) is 4.79 Å². The Balaban J connectivity index is 2.64. The average molecular weight is 226 g/mol. The molecule has 0 aromatic heterocycles. The predicted molar refractivity (Wildman–Crippen MR) is 67.0 cm³/mol. The summed E-state index contributed by atoms with van der Waals surface area (Å²) in [5.41, 5.74) is 0.143. The van der Waals surface area contributed by atoms with Crippen molar-refractivity contribution in [2.45, 2.75) is 60.0 Å². The second-order valence-electron chi connectivity index (χ2n) is 6.39. The van der Waals surface area contributed by atoms with Gasteiger partial charge >= 0.3 is 0 Å². The fourth-order valence-corrected chi connectivity index (χ4v) is 2.02. The molecule has 0 radical (unpaired) electrons. The summed E-state index contributed by atoms with van der Waals surface area (Å²) >= 11 is 0. The number of amides is 1. The third kappa shape index (κ3) is 2.97. The van der Waals surface area contributed by atoms with E-state index in [1.54, 1.807) is 0 Å². The molecule has 1 aliphatic rings. The van der Waals surface area contributed by atoms with Crippen molar-refractivity contribution in [1.29, 1.82) is 0 Å². The van der Waals surface area contributed by atoms with E-state index in [1.807, 2.05) is 4.90 Å². The number of hydrogen-bond acceptors (Lipinski definition) is 2. The summed E-state index contributed by atoms with van der Waals surface area (Å²) in [6, 6.07) is 0.314. The van der Waals surface area contributed by atoms with Gasteiger partial charge in [-0.1, -0.05) is 34.6 Å². The molecular formula is C13H26N2O. The molecule has 1 N–H and O–H groups in total. The molecule has 94 valence electrons. The molecule has 1 heterocycles. The third-order valence-electron chi connectivity index (χ3n) is 3.52. The van der Waals surface area contributed by atoms with Gasteiger partial charge in [0.05, 0.1) is 12.7 Å². The van der Waals surface area contributed by atoms with Crippen LogP contribution in [0, 0.1) is 11.3 Å². The molecule has 0 aromatic rings. The second-order valence-corrected chi connectivity index (χ2v) is 6.39. The first-order valence-corrected chi connectivity index (χ1v) is 6.27. The molecule has 1 rings (SSSR count). The standard InChI is InChI=1S/C13H26N2O/c1-9(2)7-11-12(16)15(8-14-11)10(3)13(4,5)6/h9-11,14H,7-8H2,1-6H3. The Bertz CT molecular complexity index is 255. The van der Waals surface area contributed by atoms with Crippen LogP contribution in [-0.4, -0.2) is 29.6 Å². The van der Waals surface area contributed by atoms with E-state index >= 15 is 0 Å². The van der Waals surface area contributed by atoms with E-state index < -0.39 is 0 Å². The van der Waals surface area contributed by atoms with Crippen molar-refractivity contribution in [3.63, 3.8) is 0 Å². The minimum Gasteiger partial charge on any atom is -0.325 e. The summed E-state index contributed by atoms with van der Waals surface area (Å²) in [7, 11) is 0. The first kappa shape index (κ1) is 13.5. The van der Waals surface area contributed by atoms with Crippen LogP contribution >= 0.6 is 0 Å². The first-order valence-electron chi connectivity index (χ1n) is 6.27. The maximum absolute atomic E-state index is 12.2. The number of nitrogens with one attached hydrogen (secondary N) is 1. The van der Waals surface area contributed by atoms with Crippen molar-refractivity contribution in [2.24, 2.45) is 11.3 Å². The monoisotopic (exact) mass is 226 g/mol. The van der Waals surface area contributed by atoms with Gasteiger partial charge in [0.25, 0.3) is 0 Å². The number of carbonyl (C=O) groups excluding carboxylic acids is 1. The average Bonchev–Trinajstić information content (AvgIpc) is 2.45. The molecule has 0 saturated carbocycles. The maximum atomic E-state index is 12.2. The van der Waals surface area contributed by atoms with E-state index in [2.05, 4.69) is 46.9 Å². The maximum Gasteiger partial charge on any atom is 0.241 e. The normalized spacial score (nSPS) is 24.3. The highest BCUT2D eigenvalue weighted by Crippen LogP contribution is 2.26. The quantitative estimate of drug-likeness (QED) is 0.800. The van der Waals surface area contributed by atoms with Crippen molar-refractivity contribution in [2.75, 3.05) is 6.67 Å². The predicted octanol–water partition coefficient (Wildman–Crippen LogP) is 2.23. The lowest BCUT2D eigenvalue weighted by Gasteiger charge is -2.34. The van der Waals surface area contributed by atoms with Gasteiger partial charge in [-0.3, -0.25) is 10.1 Å². The summed E-state index contributed by atoms with van der Waals surface area (Å²) in [5, 5.41) is 3.32. The van der Waals surface area contributed by atoms with Crippen molar-refractivity contribution in [3.05, 3.63) is 0 Å². The molecule has 1 amide bonds. The zero-order chi connectivity index (χ0) is 12.5. The van der Waals surface area contributed by atoms with Gasteiger partial charge in [-0.05, 0) is 24.7 Å². The molecule has 2 unspecified atom stereocenters. The largest absolute Gasteiger partial charge is 0.325 e. The van der Waals surface area contributed by atoms with Crippen LogP contribution in [0.5, 0.6) is 0 Å². The first-order chi connectivity index (χ1) is 7.23. The molecule has 3 heteroatoms. The highest BCUT2D eigenvalue weighted by molar-refractivity contribution is 5.84. The van der Waals surface area contributed by atoms with Gasteiger partial charge in [-0.15, -0.1) is 0 Å². The van der Waals surface area contributed by atoms with Gasteiger partial charge in [-0.25, -0.2) is 0 Å². The van der Waals surface area contributed by atoms with Crippen LogP contribution < -0.4 is 5.32 Å². The minimum atomic E-state index is 0.0322. The summed E-state index contributed by atoms with van der Waals surface area (Å²) in [5.74, 6) is 0.836. The highest BCUT2D eigenvalue weighted by Gasteiger charge is 2.37. The molecule has 3 nitrogen and oxygen atoms in total. The third-order valence-corrected chi connectivity index (χ3v) is 3.52. The van der Waals surface area contributed by atoms with Crippen molar-refractivity contribution < 1.29 is 4.79 Å². The van der Waals surface area contributed by atoms with Gasteiger partial charge < -0.3 is 4.90 Å². The van der Waals surface area contributed by atoms with Gasteiger partial charge in [0, 0.05) is 6.04 Å². The highest BCUT2D eigenvalue weighted by atomic mass is 16.2. The molecule has 1 aliphatic heterocycles. The Kier molecular flexibility index (Phi) is 4.00. The van der Waals surface area contributed by atoms with Gasteiger partial charge in [-0.2, -0.15) is 0 Å². The van der Waals surface area contributed by atoms with Crippen LogP contribution in [0.4, 0.5) is 0 Å².